The van der Waals surface area contributed by atoms with Gasteiger partial charge in [-0.1, -0.05) is 110 Å². The van der Waals surface area contributed by atoms with Gasteiger partial charge in [-0.25, -0.2) is 4.79 Å². The van der Waals surface area contributed by atoms with Crippen molar-refractivity contribution in [3.63, 3.8) is 0 Å². The van der Waals surface area contributed by atoms with Gasteiger partial charge in [0.15, 0.2) is 0 Å². The van der Waals surface area contributed by atoms with Crippen molar-refractivity contribution in [2.24, 2.45) is 0 Å². The van der Waals surface area contributed by atoms with Crippen LogP contribution in [0.5, 0.6) is 0 Å². The molecular formula is C34H37N3O3S. The number of imide groups is 1. The lowest BCUT2D eigenvalue weighted by molar-refractivity contribution is -0.120. The van der Waals surface area contributed by atoms with Crippen molar-refractivity contribution >= 4 is 29.6 Å². The molecule has 2 N–H and O–H groups in total. The van der Waals surface area contributed by atoms with Crippen LogP contribution in [-0.2, 0) is 17.1 Å². The molecule has 0 aliphatic carbocycles. The van der Waals surface area contributed by atoms with E-state index in [1.165, 1.54) is 5.56 Å². The third-order valence-corrected chi connectivity index (χ3v) is 6.66. The van der Waals surface area contributed by atoms with Gasteiger partial charge in [0.1, 0.15) is 0 Å². The van der Waals surface area contributed by atoms with Crippen LogP contribution < -0.4 is 10.6 Å². The summed E-state index contributed by atoms with van der Waals surface area (Å²) in [5, 5.41) is 5.31. The van der Waals surface area contributed by atoms with Crippen molar-refractivity contribution < 1.29 is 14.4 Å². The smallest absolute Gasteiger partial charge is 0.324 e. The Morgan fingerprint density at radius 1 is 0.707 bits per heavy atom. The van der Waals surface area contributed by atoms with Crippen LogP contribution in [0.15, 0.2) is 115 Å². The van der Waals surface area contributed by atoms with Gasteiger partial charge >= 0.3 is 6.03 Å². The zero-order valence-electron chi connectivity index (χ0n) is 23.6. The fourth-order valence-electron chi connectivity index (χ4n) is 3.99. The van der Waals surface area contributed by atoms with E-state index in [-0.39, 0.29) is 19.0 Å². The first-order valence-electron chi connectivity index (χ1n) is 13.6. The van der Waals surface area contributed by atoms with E-state index >= 15 is 0 Å². The van der Waals surface area contributed by atoms with E-state index in [1.807, 2.05) is 91.5 Å². The van der Waals surface area contributed by atoms with Gasteiger partial charge in [0.05, 0.1) is 6.54 Å². The quantitative estimate of drug-likeness (QED) is 0.221. The van der Waals surface area contributed by atoms with Gasteiger partial charge in [-0.05, 0) is 47.1 Å². The minimum atomic E-state index is -0.586. The molecule has 0 bridgehead atoms. The second-order valence-corrected chi connectivity index (χ2v) is 10.1. The fourth-order valence-corrected chi connectivity index (χ4v) is 4.51. The standard InChI is InChI=1S/C26H27N3O3.C8H10S/c1-2-16-29(26(32)28-19-24(30)27-18-20-10-5-3-6-11-20)25(31)23-15-9-14-22(17-23)21-12-7-4-8-13-21;1-9-7-8-5-3-2-4-6-8/h3-15,17H,2,16,18-19H2,1H3,(H,27,30)(H,28,32);2-6H,7H2,1H3. The molecule has 0 saturated carbocycles. The zero-order chi connectivity index (χ0) is 29.3. The Morgan fingerprint density at radius 3 is 1.90 bits per heavy atom. The van der Waals surface area contributed by atoms with Crippen LogP contribution in [0.2, 0.25) is 0 Å². The van der Waals surface area contributed by atoms with Crippen LogP contribution in [-0.4, -0.2) is 42.1 Å². The number of urea groups is 1. The molecule has 0 aliphatic heterocycles. The lowest BCUT2D eigenvalue weighted by atomic mass is 10.0. The summed E-state index contributed by atoms with van der Waals surface area (Å²) >= 11 is 1.85. The summed E-state index contributed by atoms with van der Waals surface area (Å²) in [6.07, 6.45) is 2.73. The number of amides is 4. The first-order chi connectivity index (χ1) is 20.0. The monoisotopic (exact) mass is 567 g/mol. The van der Waals surface area contributed by atoms with Crippen molar-refractivity contribution in [3.05, 3.63) is 132 Å². The highest BCUT2D eigenvalue weighted by molar-refractivity contribution is 7.97. The lowest BCUT2D eigenvalue weighted by Gasteiger charge is -2.21. The van der Waals surface area contributed by atoms with E-state index in [0.717, 1.165) is 27.3 Å². The largest absolute Gasteiger partial charge is 0.350 e. The first kappa shape index (κ1) is 31.2. The second-order valence-electron chi connectivity index (χ2n) is 9.24. The average Bonchev–Trinajstić information content (AvgIpc) is 3.03. The number of hydrogen-bond acceptors (Lipinski definition) is 4. The molecule has 212 valence electrons. The molecule has 6 nitrogen and oxygen atoms in total. The highest BCUT2D eigenvalue weighted by atomic mass is 32.2. The summed E-state index contributed by atoms with van der Waals surface area (Å²) in [7, 11) is 0. The number of carbonyl (C=O) groups excluding carboxylic acids is 3. The molecule has 7 heteroatoms. The number of thioether (sulfide) groups is 1. The van der Waals surface area contributed by atoms with Gasteiger partial charge < -0.3 is 10.6 Å². The maximum absolute atomic E-state index is 13.1. The molecule has 4 aromatic carbocycles. The Labute approximate surface area is 247 Å². The topological polar surface area (TPSA) is 78.5 Å². The van der Waals surface area contributed by atoms with E-state index in [4.69, 9.17) is 0 Å². The second kappa shape index (κ2) is 17.4. The van der Waals surface area contributed by atoms with Gasteiger partial charge in [0, 0.05) is 24.4 Å². The van der Waals surface area contributed by atoms with E-state index < -0.39 is 11.9 Å². The Kier molecular flexibility index (Phi) is 13.2. The highest BCUT2D eigenvalue weighted by Gasteiger charge is 2.22. The molecule has 0 unspecified atom stereocenters. The number of nitrogens with one attached hydrogen (secondary N) is 2. The van der Waals surface area contributed by atoms with E-state index in [1.54, 1.807) is 18.2 Å². The number of hydrogen-bond donors (Lipinski definition) is 2. The molecular weight excluding hydrogens is 530 g/mol. The predicted octanol–water partition coefficient (Wildman–Crippen LogP) is 6.78. The Hall–Kier alpha value is -4.36. The van der Waals surface area contributed by atoms with Crippen LogP contribution in [0.1, 0.15) is 34.8 Å². The molecule has 0 aliphatic rings. The van der Waals surface area contributed by atoms with Gasteiger partial charge in [-0.3, -0.25) is 14.5 Å². The van der Waals surface area contributed by atoms with E-state index in [9.17, 15) is 14.4 Å². The summed E-state index contributed by atoms with van der Waals surface area (Å²) in [5.41, 5.74) is 4.68. The molecule has 4 rings (SSSR count). The summed E-state index contributed by atoms with van der Waals surface area (Å²) in [6, 6.07) is 36.3. The summed E-state index contributed by atoms with van der Waals surface area (Å²) in [5.74, 6) is 0.407. The maximum Gasteiger partial charge on any atom is 0.324 e. The molecule has 4 amide bonds. The Bertz CT molecular complexity index is 1370. The van der Waals surface area contributed by atoms with Gasteiger partial charge in [-0.2, -0.15) is 11.8 Å². The molecule has 0 fully saturated rings. The molecule has 4 aromatic rings. The average molecular weight is 568 g/mol. The molecule has 0 spiro atoms. The Balaban J connectivity index is 0.000000436. The van der Waals surface area contributed by atoms with Crippen molar-refractivity contribution in [1.82, 2.24) is 15.5 Å². The van der Waals surface area contributed by atoms with Crippen LogP contribution in [0, 0.1) is 0 Å². The first-order valence-corrected chi connectivity index (χ1v) is 15.0. The molecule has 0 aromatic heterocycles. The Morgan fingerprint density at radius 2 is 1.29 bits per heavy atom. The van der Waals surface area contributed by atoms with Gasteiger partial charge in [-0.15, -0.1) is 0 Å². The number of carbonyl (C=O) groups is 3. The van der Waals surface area contributed by atoms with Crippen molar-refractivity contribution in [3.8, 4) is 11.1 Å². The SMILES string of the molecule is CCCN(C(=O)NCC(=O)NCc1ccccc1)C(=O)c1cccc(-c2ccccc2)c1.CSCc1ccccc1. The van der Waals surface area contributed by atoms with Gasteiger partial charge in [0.25, 0.3) is 5.91 Å². The summed E-state index contributed by atoms with van der Waals surface area (Å²) in [4.78, 5) is 39.0. The third-order valence-electron chi connectivity index (χ3n) is 6.04. The lowest BCUT2D eigenvalue weighted by Crippen LogP contribution is -2.47. The normalized spacial score (nSPS) is 10.1. The van der Waals surface area contributed by atoms with Crippen molar-refractivity contribution in [2.45, 2.75) is 25.6 Å². The van der Waals surface area contributed by atoms with E-state index in [2.05, 4.69) is 41.2 Å². The van der Waals surface area contributed by atoms with Crippen molar-refractivity contribution in [1.29, 1.82) is 0 Å². The van der Waals surface area contributed by atoms with Crippen LogP contribution in [0.3, 0.4) is 0 Å². The number of rotatable bonds is 10. The highest BCUT2D eigenvalue weighted by Crippen LogP contribution is 2.21. The molecule has 41 heavy (non-hydrogen) atoms. The predicted molar refractivity (Wildman–Crippen MR) is 169 cm³/mol. The van der Waals surface area contributed by atoms with E-state index in [0.29, 0.717) is 18.5 Å². The van der Waals surface area contributed by atoms with Crippen molar-refractivity contribution in [2.75, 3.05) is 19.3 Å². The molecule has 0 heterocycles. The molecule has 0 saturated heterocycles. The molecule has 0 atom stereocenters. The number of benzene rings is 4. The molecule has 0 radical (unpaired) electrons. The fraction of sp³-hybridized carbons (Fsp3) is 0.206. The summed E-state index contributed by atoms with van der Waals surface area (Å²) < 4.78 is 0. The minimum absolute atomic E-state index is 0.205. The third kappa shape index (κ3) is 10.6. The number of nitrogens with zero attached hydrogens (tertiary/aromatic N) is 1. The maximum atomic E-state index is 13.1. The van der Waals surface area contributed by atoms with Crippen LogP contribution >= 0.6 is 11.8 Å². The van der Waals surface area contributed by atoms with Crippen LogP contribution in [0.25, 0.3) is 11.1 Å². The summed E-state index contributed by atoms with van der Waals surface area (Å²) in [6.45, 7) is 2.31. The van der Waals surface area contributed by atoms with Gasteiger partial charge in [0.2, 0.25) is 5.91 Å². The van der Waals surface area contributed by atoms with Crippen LogP contribution in [0.4, 0.5) is 4.79 Å². The zero-order valence-corrected chi connectivity index (χ0v) is 24.4. The minimum Gasteiger partial charge on any atom is -0.350 e.